The fourth-order valence-electron chi connectivity index (χ4n) is 1.86. The molecule has 3 nitrogen and oxygen atoms in total. The first-order chi connectivity index (χ1) is 8.93. The number of rotatable bonds is 3. The van der Waals surface area contributed by atoms with Gasteiger partial charge in [0.15, 0.2) is 11.5 Å². The molecule has 2 rings (SSSR count). The normalized spacial score (nSPS) is 12.4. The van der Waals surface area contributed by atoms with E-state index in [0.717, 1.165) is 0 Å². The molecular formula is C14H13F2N3. The second-order valence-corrected chi connectivity index (χ2v) is 4.12. The third-order valence-corrected chi connectivity index (χ3v) is 2.85. The fourth-order valence-corrected chi connectivity index (χ4v) is 1.86. The third kappa shape index (κ3) is 2.27. The van der Waals surface area contributed by atoms with E-state index < -0.39 is 11.6 Å². The zero-order chi connectivity index (χ0) is 14.2. The average Bonchev–Trinajstić information content (AvgIpc) is 2.71. The standard InChI is InChI=1S/C14H13F2N3/c1-4-11(8(2)9(3)15)10-5-12(16)14-18-13(17)7-19(14)6-10/h4-7H,1,3,17H2,2H3/b11-8+. The highest BCUT2D eigenvalue weighted by atomic mass is 19.1. The molecule has 0 radical (unpaired) electrons. The third-order valence-electron chi connectivity index (χ3n) is 2.85. The molecule has 0 fully saturated rings. The van der Waals surface area contributed by atoms with Gasteiger partial charge in [-0.3, -0.25) is 0 Å². The van der Waals surface area contributed by atoms with Gasteiger partial charge < -0.3 is 10.1 Å². The molecule has 0 aliphatic heterocycles. The van der Waals surface area contributed by atoms with Crippen LogP contribution in [-0.4, -0.2) is 9.38 Å². The van der Waals surface area contributed by atoms with Gasteiger partial charge in [0, 0.05) is 11.8 Å². The lowest BCUT2D eigenvalue weighted by Crippen LogP contribution is -1.94. The predicted molar refractivity (Wildman–Crippen MR) is 72.6 cm³/mol. The van der Waals surface area contributed by atoms with Crippen molar-refractivity contribution in [1.29, 1.82) is 0 Å². The zero-order valence-electron chi connectivity index (χ0n) is 10.5. The van der Waals surface area contributed by atoms with E-state index >= 15 is 0 Å². The van der Waals surface area contributed by atoms with Gasteiger partial charge in [-0.1, -0.05) is 19.2 Å². The molecular weight excluding hydrogens is 248 g/mol. The monoisotopic (exact) mass is 261 g/mol. The topological polar surface area (TPSA) is 43.3 Å². The Morgan fingerprint density at radius 1 is 1.47 bits per heavy atom. The van der Waals surface area contributed by atoms with Crippen molar-refractivity contribution in [2.45, 2.75) is 6.92 Å². The maximum atomic E-state index is 13.9. The molecule has 0 unspecified atom stereocenters. The SMILES string of the molecule is C=C/C(=C(/C)C(=C)F)c1cc(F)c2nc(N)cn2c1. The van der Waals surface area contributed by atoms with Gasteiger partial charge in [0.2, 0.25) is 0 Å². The minimum absolute atomic E-state index is 0.126. The molecule has 2 aromatic heterocycles. The van der Waals surface area contributed by atoms with Gasteiger partial charge in [-0.05, 0) is 24.1 Å². The Kier molecular flexibility index (Phi) is 3.21. The molecule has 98 valence electrons. The van der Waals surface area contributed by atoms with Crippen molar-refractivity contribution in [2.75, 3.05) is 5.73 Å². The van der Waals surface area contributed by atoms with E-state index in [2.05, 4.69) is 18.1 Å². The second kappa shape index (κ2) is 4.68. The van der Waals surface area contributed by atoms with E-state index in [9.17, 15) is 8.78 Å². The van der Waals surface area contributed by atoms with Gasteiger partial charge in [-0.2, -0.15) is 0 Å². The zero-order valence-corrected chi connectivity index (χ0v) is 10.5. The van der Waals surface area contributed by atoms with Gasteiger partial charge in [-0.15, -0.1) is 0 Å². The van der Waals surface area contributed by atoms with Gasteiger partial charge in [0.1, 0.15) is 11.6 Å². The summed E-state index contributed by atoms with van der Waals surface area (Å²) in [7, 11) is 0. The molecule has 0 atom stereocenters. The molecule has 0 amide bonds. The largest absolute Gasteiger partial charge is 0.382 e. The number of nitrogens with two attached hydrogens (primary N) is 1. The average molecular weight is 261 g/mol. The minimum atomic E-state index is -0.583. The highest BCUT2D eigenvalue weighted by molar-refractivity contribution is 5.78. The minimum Gasteiger partial charge on any atom is -0.382 e. The Balaban J connectivity index is 2.72. The van der Waals surface area contributed by atoms with Crippen LogP contribution in [0.2, 0.25) is 0 Å². The summed E-state index contributed by atoms with van der Waals surface area (Å²) in [6.45, 7) is 8.41. The summed E-state index contributed by atoms with van der Waals surface area (Å²) in [5.74, 6) is -0.904. The number of hydrogen-bond donors (Lipinski definition) is 1. The number of anilines is 1. The van der Waals surface area contributed by atoms with Gasteiger partial charge in [-0.25, -0.2) is 13.8 Å². The molecule has 0 aliphatic carbocycles. The summed E-state index contributed by atoms with van der Waals surface area (Å²) in [6, 6.07) is 1.27. The van der Waals surface area contributed by atoms with Crippen LogP contribution in [0.3, 0.4) is 0 Å². The summed E-state index contributed by atoms with van der Waals surface area (Å²) in [4.78, 5) is 3.85. The van der Waals surface area contributed by atoms with Crippen LogP contribution in [0.15, 0.2) is 49.1 Å². The summed E-state index contributed by atoms with van der Waals surface area (Å²) >= 11 is 0. The number of halogens is 2. The molecule has 0 aromatic carbocycles. The van der Waals surface area contributed by atoms with E-state index in [1.165, 1.54) is 22.7 Å². The van der Waals surface area contributed by atoms with E-state index in [-0.39, 0.29) is 11.5 Å². The number of allylic oxidation sites excluding steroid dienone is 4. The van der Waals surface area contributed by atoms with Crippen molar-refractivity contribution >= 4 is 17.0 Å². The van der Waals surface area contributed by atoms with Crippen molar-refractivity contribution in [3.05, 3.63) is 60.5 Å². The fraction of sp³-hybridized carbons (Fsp3) is 0.0714. The van der Waals surface area contributed by atoms with E-state index in [1.807, 2.05) is 0 Å². The number of nitrogens with zero attached hydrogens (tertiary/aromatic N) is 2. The molecule has 0 spiro atoms. The molecule has 2 N–H and O–H groups in total. The Morgan fingerprint density at radius 2 is 2.16 bits per heavy atom. The molecule has 5 heteroatoms. The Bertz CT molecular complexity index is 711. The maximum Gasteiger partial charge on any atom is 0.175 e. The number of nitrogen functional groups attached to an aromatic ring is 1. The smallest absolute Gasteiger partial charge is 0.175 e. The van der Waals surface area contributed by atoms with Crippen LogP contribution in [0.1, 0.15) is 12.5 Å². The highest BCUT2D eigenvalue weighted by Crippen LogP contribution is 2.26. The molecule has 0 saturated carbocycles. The molecule has 19 heavy (non-hydrogen) atoms. The lowest BCUT2D eigenvalue weighted by atomic mass is 10.0. The van der Waals surface area contributed by atoms with Crippen LogP contribution in [0.4, 0.5) is 14.6 Å². The maximum absolute atomic E-state index is 13.9. The van der Waals surface area contributed by atoms with Gasteiger partial charge in [0.05, 0.1) is 6.20 Å². The molecule has 2 heterocycles. The van der Waals surface area contributed by atoms with E-state index in [1.54, 1.807) is 13.1 Å². The van der Waals surface area contributed by atoms with Crippen molar-refractivity contribution in [2.24, 2.45) is 0 Å². The van der Waals surface area contributed by atoms with Crippen molar-refractivity contribution in [3.63, 3.8) is 0 Å². The van der Waals surface area contributed by atoms with Crippen molar-refractivity contribution in [3.8, 4) is 0 Å². The Labute approximate surface area is 109 Å². The van der Waals surface area contributed by atoms with E-state index in [4.69, 9.17) is 5.73 Å². The van der Waals surface area contributed by atoms with Crippen LogP contribution in [0.25, 0.3) is 11.2 Å². The van der Waals surface area contributed by atoms with Crippen LogP contribution < -0.4 is 5.73 Å². The second-order valence-electron chi connectivity index (χ2n) is 4.12. The summed E-state index contributed by atoms with van der Waals surface area (Å²) in [5.41, 5.74) is 6.91. The van der Waals surface area contributed by atoms with E-state index in [0.29, 0.717) is 16.7 Å². The van der Waals surface area contributed by atoms with Crippen LogP contribution in [0, 0.1) is 5.82 Å². The lowest BCUT2D eigenvalue weighted by molar-refractivity contribution is 0.629. The summed E-state index contributed by atoms with van der Waals surface area (Å²) in [6.07, 6.45) is 4.56. The predicted octanol–water partition coefficient (Wildman–Crippen LogP) is 3.50. The van der Waals surface area contributed by atoms with Crippen LogP contribution in [-0.2, 0) is 0 Å². The first-order valence-electron chi connectivity index (χ1n) is 5.56. The number of aromatic nitrogens is 2. The molecule has 2 aromatic rings. The summed E-state index contributed by atoms with van der Waals surface area (Å²) < 4.78 is 28.6. The van der Waals surface area contributed by atoms with Gasteiger partial charge in [0.25, 0.3) is 0 Å². The first-order valence-corrected chi connectivity index (χ1v) is 5.56. The number of imidazole rings is 1. The first kappa shape index (κ1) is 13.0. The number of hydrogen-bond acceptors (Lipinski definition) is 2. The molecule has 0 bridgehead atoms. The lowest BCUT2D eigenvalue weighted by Gasteiger charge is -2.08. The number of fused-ring (bicyclic) bond motifs is 1. The molecule has 0 saturated heterocycles. The van der Waals surface area contributed by atoms with Crippen LogP contribution in [0.5, 0.6) is 0 Å². The molecule has 0 aliphatic rings. The van der Waals surface area contributed by atoms with Gasteiger partial charge >= 0.3 is 0 Å². The Hall–Kier alpha value is -2.43. The summed E-state index contributed by atoms with van der Waals surface area (Å²) in [5, 5.41) is 0. The van der Waals surface area contributed by atoms with Crippen LogP contribution >= 0.6 is 0 Å². The highest BCUT2D eigenvalue weighted by Gasteiger charge is 2.11. The number of pyridine rings is 1. The van der Waals surface area contributed by atoms with Crippen molar-refractivity contribution in [1.82, 2.24) is 9.38 Å². The van der Waals surface area contributed by atoms with Crippen molar-refractivity contribution < 1.29 is 8.78 Å². The Morgan fingerprint density at radius 3 is 2.74 bits per heavy atom. The quantitative estimate of drug-likeness (QED) is 0.859.